The quantitative estimate of drug-likeness (QED) is 0.506. The Kier molecular flexibility index (Phi) is 6.96. The van der Waals surface area contributed by atoms with Gasteiger partial charge in [-0.05, 0) is 53.4 Å². The van der Waals surface area contributed by atoms with Gasteiger partial charge in [-0.3, -0.25) is 4.79 Å². The van der Waals surface area contributed by atoms with Gasteiger partial charge in [0.2, 0.25) is 5.91 Å². The zero-order valence-electron chi connectivity index (χ0n) is 16.8. The van der Waals surface area contributed by atoms with E-state index in [1.165, 1.54) is 12.1 Å². The van der Waals surface area contributed by atoms with Crippen LogP contribution in [0.2, 0.25) is 0 Å². The van der Waals surface area contributed by atoms with Gasteiger partial charge < -0.3 is 10.0 Å². The molecule has 0 aromatic heterocycles. The minimum Gasteiger partial charge on any atom is -0.478 e. The topological polar surface area (TPSA) is 57.6 Å². The molecule has 154 valence electrons. The highest BCUT2D eigenvalue weighted by Gasteiger charge is 2.17. The Morgan fingerprint density at radius 3 is 2.23 bits per heavy atom. The van der Waals surface area contributed by atoms with E-state index in [1.54, 1.807) is 41.3 Å². The molecule has 0 spiro atoms. The lowest BCUT2D eigenvalue weighted by Crippen LogP contribution is -2.30. The number of carbonyl (C=O) groups is 2. The van der Waals surface area contributed by atoms with Crippen molar-refractivity contribution in [3.8, 4) is 11.1 Å². The second-order valence-electron chi connectivity index (χ2n) is 7.11. The highest BCUT2D eigenvalue weighted by atomic mass is 19.1. The first-order chi connectivity index (χ1) is 14.5. The monoisotopic (exact) mass is 405 g/mol. The average molecular weight is 405 g/mol. The van der Waals surface area contributed by atoms with Gasteiger partial charge in [-0.25, -0.2) is 9.18 Å². The lowest BCUT2D eigenvalue weighted by Gasteiger charge is -2.23. The van der Waals surface area contributed by atoms with Gasteiger partial charge in [-0.2, -0.15) is 0 Å². The number of rotatable bonds is 8. The van der Waals surface area contributed by atoms with Crippen molar-refractivity contribution in [3.63, 3.8) is 0 Å². The molecule has 0 bridgehead atoms. The fourth-order valence-electron chi connectivity index (χ4n) is 3.30. The summed E-state index contributed by atoms with van der Waals surface area (Å²) in [6, 6.07) is 20.3. The van der Waals surface area contributed by atoms with Crippen molar-refractivity contribution in [3.05, 3.63) is 89.7 Å². The highest BCUT2D eigenvalue weighted by molar-refractivity contribution is 5.96. The second kappa shape index (κ2) is 9.83. The maximum atomic E-state index is 13.3. The van der Waals surface area contributed by atoms with Gasteiger partial charge in [0.15, 0.2) is 0 Å². The van der Waals surface area contributed by atoms with Crippen molar-refractivity contribution < 1.29 is 19.1 Å². The minimum absolute atomic E-state index is 0.0104. The zero-order valence-corrected chi connectivity index (χ0v) is 16.8. The standard InChI is InChI=1S/C25H24FNO3/c1-2-3-8-24(28)27(21-15-13-20(26)14-16-21)17-18-9-11-19(12-10-18)22-6-4-5-7-23(22)25(29)30/h4-7,9-16H,2-3,8,17H2,1H3,(H,29,30). The molecule has 0 radical (unpaired) electrons. The number of hydrogen-bond acceptors (Lipinski definition) is 2. The van der Waals surface area contributed by atoms with Gasteiger partial charge in [0.1, 0.15) is 5.82 Å². The van der Waals surface area contributed by atoms with E-state index in [9.17, 15) is 19.1 Å². The maximum Gasteiger partial charge on any atom is 0.336 e. The van der Waals surface area contributed by atoms with Crippen LogP contribution >= 0.6 is 0 Å². The molecule has 0 aliphatic rings. The van der Waals surface area contributed by atoms with E-state index in [1.807, 2.05) is 31.2 Å². The predicted octanol–water partition coefficient (Wildman–Crippen LogP) is 5.91. The number of carbonyl (C=O) groups excluding carboxylic acids is 1. The predicted molar refractivity (Wildman–Crippen MR) is 116 cm³/mol. The highest BCUT2D eigenvalue weighted by Crippen LogP contribution is 2.26. The van der Waals surface area contributed by atoms with Crippen molar-refractivity contribution in [2.45, 2.75) is 32.7 Å². The summed E-state index contributed by atoms with van der Waals surface area (Å²) in [6.45, 7) is 2.39. The Hall–Kier alpha value is -3.47. The number of carboxylic acid groups (broad SMARTS) is 1. The van der Waals surface area contributed by atoms with Crippen LogP contribution in [0, 0.1) is 5.82 Å². The van der Waals surface area contributed by atoms with Crippen LogP contribution < -0.4 is 4.90 Å². The summed E-state index contributed by atoms with van der Waals surface area (Å²) in [6.07, 6.45) is 2.14. The first-order valence-electron chi connectivity index (χ1n) is 9.97. The summed E-state index contributed by atoms with van der Waals surface area (Å²) >= 11 is 0. The number of hydrogen-bond donors (Lipinski definition) is 1. The third-order valence-electron chi connectivity index (χ3n) is 4.95. The van der Waals surface area contributed by atoms with Crippen molar-refractivity contribution in [2.24, 2.45) is 0 Å². The van der Waals surface area contributed by atoms with E-state index >= 15 is 0 Å². The van der Waals surface area contributed by atoms with Gasteiger partial charge in [0.05, 0.1) is 12.1 Å². The molecule has 0 heterocycles. The first kappa shape index (κ1) is 21.2. The molecule has 0 saturated carbocycles. The molecule has 0 aliphatic carbocycles. The largest absolute Gasteiger partial charge is 0.478 e. The Labute approximate surface area is 175 Å². The van der Waals surface area contributed by atoms with E-state index < -0.39 is 5.97 Å². The summed E-state index contributed by atoms with van der Waals surface area (Å²) in [4.78, 5) is 25.9. The summed E-state index contributed by atoms with van der Waals surface area (Å²) in [5, 5.41) is 9.41. The van der Waals surface area contributed by atoms with Crippen LogP contribution in [0.25, 0.3) is 11.1 Å². The lowest BCUT2D eigenvalue weighted by molar-refractivity contribution is -0.118. The molecule has 0 saturated heterocycles. The van der Waals surface area contributed by atoms with E-state index in [2.05, 4.69) is 0 Å². The molecule has 0 unspecified atom stereocenters. The van der Waals surface area contributed by atoms with Crippen LogP contribution in [-0.4, -0.2) is 17.0 Å². The van der Waals surface area contributed by atoms with Gasteiger partial charge in [0.25, 0.3) is 0 Å². The summed E-state index contributed by atoms with van der Waals surface area (Å²) in [7, 11) is 0. The molecule has 5 heteroatoms. The Morgan fingerprint density at radius 2 is 1.60 bits per heavy atom. The molecule has 3 rings (SSSR count). The Balaban J connectivity index is 1.85. The van der Waals surface area contributed by atoms with Gasteiger partial charge in [-0.15, -0.1) is 0 Å². The summed E-state index contributed by atoms with van der Waals surface area (Å²) < 4.78 is 13.3. The van der Waals surface area contributed by atoms with Crippen LogP contribution in [-0.2, 0) is 11.3 Å². The number of benzene rings is 3. The number of nitrogens with zero attached hydrogens (tertiary/aromatic N) is 1. The van der Waals surface area contributed by atoms with Gasteiger partial charge >= 0.3 is 5.97 Å². The Morgan fingerprint density at radius 1 is 0.933 bits per heavy atom. The first-order valence-corrected chi connectivity index (χ1v) is 9.97. The van der Waals surface area contributed by atoms with E-state index in [0.717, 1.165) is 24.0 Å². The molecule has 3 aromatic rings. The van der Waals surface area contributed by atoms with E-state index in [-0.39, 0.29) is 17.3 Å². The average Bonchev–Trinajstić information content (AvgIpc) is 2.77. The summed E-state index contributed by atoms with van der Waals surface area (Å²) in [5.41, 5.74) is 3.24. The Bertz CT molecular complexity index is 1010. The molecule has 3 aromatic carbocycles. The van der Waals surface area contributed by atoms with Crippen molar-refractivity contribution in [2.75, 3.05) is 4.90 Å². The lowest BCUT2D eigenvalue weighted by atomic mass is 9.98. The molecular formula is C25H24FNO3. The minimum atomic E-state index is -0.973. The van der Waals surface area contributed by atoms with Gasteiger partial charge in [0, 0.05) is 12.1 Å². The summed E-state index contributed by atoms with van der Waals surface area (Å²) in [5.74, 6) is -1.33. The number of aromatic carboxylic acids is 1. The maximum absolute atomic E-state index is 13.3. The molecule has 0 atom stereocenters. The van der Waals surface area contributed by atoms with E-state index in [0.29, 0.717) is 24.2 Å². The smallest absolute Gasteiger partial charge is 0.336 e. The zero-order chi connectivity index (χ0) is 21.5. The SMILES string of the molecule is CCCCC(=O)N(Cc1ccc(-c2ccccc2C(=O)O)cc1)c1ccc(F)cc1. The fourth-order valence-corrected chi connectivity index (χ4v) is 3.30. The number of amides is 1. The van der Waals surface area contributed by atoms with Crippen molar-refractivity contribution in [1.82, 2.24) is 0 Å². The van der Waals surface area contributed by atoms with Gasteiger partial charge in [-0.1, -0.05) is 55.8 Å². The normalized spacial score (nSPS) is 10.6. The number of halogens is 1. The number of carboxylic acids is 1. The van der Waals surface area contributed by atoms with Crippen LogP contribution in [0.15, 0.2) is 72.8 Å². The molecule has 0 fully saturated rings. The third-order valence-corrected chi connectivity index (χ3v) is 4.95. The molecule has 1 amide bonds. The van der Waals surface area contributed by atoms with Crippen LogP contribution in [0.4, 0.5) is 10.1 Å². The van der Waals surface area contributed by atoms with Crippen molar-refractivity contribution in [1.29, 1.82) is 0 Å². The molecule has 1 N–H and O–H groups in total. The fraction of sp³-hybridized carbons (Fsp3) is 0.200. The van der Waals surface area contributed by atoms with Crippen LogP contribution in [0.1, 0.15) is 42.1 Å². The van der Waals surface area contributed by atoms with Crippen LogP contribution in [0.5, 0.6) is 0 Å². The molecular weight excluding hydrogens is 381 g/mol. The third kappa shape index (κ3) is 5.11. The number of anilines is 1. The number of unbranched alkanes of at least 4 members (excludes halogenated alkanes) is 1. The molecule has 4 nitrogen and oxygen atoms in total. The van der Waals surface area contributed by atoms with E-state index in [4.69, 9.17) is 0 Å². The second-order valence-corrected chi connectivity index (χ2v) is 7.11. The molecule has 30 heavy (non-hydrogen) atoms. The van der Waals surface area contributed by atoms with Crippen LogP contribution in [0.3, 0.4) is 0 Å². The molecule has 0 aliphatic heterocycles. The van der Waals surface area contributed by atoms with Crippen molar-refractivity contribution >= 4 is 17.6 Å².